The zero-order valence-electron chi connectivity index (χ0n) is 21.2. The summed E-state index contributed by atoms with van der Waals surface area (Å²) in [5.74, 6) is 0. The SMILES string of the molecule is C=C(/C=C\C)/C=C(/C)C=NC.C=C(C)C1=CC=CC(N(/N=C(\C)C(C)N)C(=C)CC)=CC1. The van der Waals surface area contributed by atoms with Gasteiger partial charge in [0.1, 0.15) is 0 Å². The van der Waals surface area contributed by atoms with Crippen LogP contribution < -0.4 is 5.73 Å². The van der Waals surface area contributed by atoms with E-state index in [2.05, 4.69) is 55.0 Å². The quantitative estimate of drug-likeness (QED) is 0.240. The first-order valence-electron chi connectivity index (χ1n) is 11.0. The van der Waals surface area contributed by atoms with Crippen LogP contribution in [0.3, 0.4) is 0 Å². The number of aliphatic imine (C=N–C) groups is 1. The third-order valence-electron chi connectivity index (χ3n) is 4.64. The summed E-state index contributed by atoms with van der Waals surface area (Å²) in [5, 5.41) is 6.54. The Balaban J connectivity index is 0.000000739. The number of rotatable bonds is 9. The van der Waals surface area contributed by atoms with Gasteiger partial charge in [0.15, 0.2) is 0 Å². The van der Waals surface area contributed by atoms with E-state index in [1.807, 2.05) is 70.1 Å². The van der Waals surface area contributed by atoms with Gasteiger partial charge in [-0.05, 0) is 70.3 Å². The van der Waals surface area contributed by atoms with Gasteiger partial charge >= 0.3 is 0 Å². The lowest BCUT2D eigenvalue weighted by atomic mass is 10.1. The van der Waals surface area contributed by atoms with Gasteiger partial charge in [0.05, 0.1) is 11.4 Å². The van der Waals surface area contributed by atoms with Gasteiger partial charge < -0.3 is 5.73 Å². The van der Waals surface area contributed by atoms with Crippen LogP contribution in [0, 0.1) is 0 Å². The molecule has 0 amide bonds. The van der Waals surface area contributed by atoms with E-state index in [1.54, 1.807) is 7.05 Å². The lowest BCUT2D eigenvalue weighted by Crippen LogP contribution is -2.27. The summed E-state index contributed by atoms with van der Waals surface area (Å²) in [4.78, 5) is 3.89. The molecule has 0 heterocycles. The Labute approximate surface area is 196 Å². The fourth-order valence-corrected chi connectivity index (χ4v) is 2.59. The highest BCUT2D eigenvalue weighted by molar-refractivity contribution is 5.86. The molecule has 174 valence electrons. The number of nitrogens with two attached hydrogens (primary N) is 1. The third-order valence-corrected chi connectivity index (χ3v) is 4.64. The largest absolute Gasteiger partial charge is 0.323 e. The second-order valence-electron chi connectivity index (χ2n) is 7.78. The number of allylic oxidation sites excluding steroid dienone is 12. The van der Waals surface area contributed by atoms with Crippen LogP contribution in [0.4, 0.5) is 0 Å². The van der Waals surface area contributed by atoms with Crippen LogP contribution in [0.2, 0.25) is 0 Å². The molecule has 1 rings (SSSR count). The van der Waals surface area contributed by atoms with E-state index in [-0.39, 0.29) is 6.04 Å². The third kappa shape index (κ3) is 11.4. The molecule has 0 aromatic rings. The van der Waals surface area contributed by atoms with E-state index >= 15 is 0 Å². The fraction of sp³-hybridized carbons (Fsp3) is 0.357. The first-order valence-corrected chi connectivity index (χ1v) is 11.0. The Morgan fingerprint density at radius 2 is 1.91 bits per heavy atom. The topological polar surface area (TPSA) is 54.0 Å². The minimum absolute atomic E-state index is 0.0726. The second-order valence-corrected chi connectivity index (χ2v) is 7.78. The molecule has 2 N–H and O–H groups in total. The van der Waals surface area contributed by atoms with Crippen molar-refractivity contribution in [1.29, 1.82) is 0 Å². The molecule has 1 unspecified atom stereocenters. The van der Waals surface area contributed by atoms with E-state index in [1.165, 1.54) is 5.57 Å². The van der Waals surface area contributed by atoms with Gasteiger partial charge in [0, 0.05) is 25.0 Å². The molecule has 0 bridgehead atoms. The molecule has 1 atom stereocenters. The van der Waals surface area contributed by atoms with Gasteiger partial charge in [-0.25, -0.2) is 5.01 Å². The van der Waals surface area contributed by atoms with Crippen LogP contribution in [-0.2, 0) is 0 Å². The van der Waals surface area contributed by atoms with Gasteiger partial charge in [-0.2, -0.15) is 5.10 Å². The summed E-state index contributed by atoms with van der Waals surface area (Å²) in [7, 11) is 1.76. The van der Waals surface area contributed by atoms with Crippen LogP contribution in [0.5, 0.6) is 0 Å². The summed E-state index contributed by atoms with van der Waals surface area (Å²) in [6, 6.07) is -0.0726. The summed E-state index contributed by atoms with van der Waals surface area (Å²) >= 11 is 0. The molecule has 0 aliphatic heterocycles. The predicted octanol–water partition coefficient (Wildman–Crippen LogP) is 7.05. The van der Waals surface area contributed by atoms with E-state index in [0.29, 0.717) is 0 Å². The Morgan fingerprint density at radius 1 is 1.25 bits per heavy atom. The Hall–Kier alpha value is -2.98. The highest BCUT2D eigenvalue weighted by atomic mass is 15.5. The maximum Gasteiger partial charge on any atom is 0.0612 e. The van der Waals surface area contributed by atoms with Crippen molar-refractivity contribution >= 4 is 11.9 Å². The van der Waals surface area contributed by atoms with Crippen molar-refractivity contribution in [2.45, 2.75) is 60.4 Å². The van der Waals surface area contributed by atoms with Gasteiger partial charge in [-0.3, -0.25) is 4.99 Å². The summed E-state index contributed by atoms with van der Waals surface area (Å²) in [5.41, 5.74) is 13.2. The van der Waals surface area contributed by atoms with Crippen molar-refractivity contribution in [3.63, 3.8) is 0 Å². The lowest BCUT2D eigenvalue weighted by molar-refractivity contribution is 0.452. The number of nitrogens with zero attached hydrogens (tertiary/aromatic N) is 3. The predicted molar refractivity (Wildman–Crippen MR) is 145 cm³/mol. The van der Waals surface area contributed by atoms with Crippen molar-refractivity contribution in [3.05, 3.63) is 96.0 Å². The van der Waals surface area contributed by atoms with Crippen LogP contribution in [-0.4, -0.2) is 30.0 Å². The standard InChI is InChI=1S/C18H27N3.C10H15N/c1-7-14(4)21(20-16(6)15(5)19)18-10-8-9-17(11-12-18)13(2)3;1-5-6-9(2)7-10(3)8-11-4/h8-10,12,15H,2,4,7,11,19H2,1,3,5-6H3;5-8H,2H2,1,3-4H3/b20-16+;6-5-,10-7-,11-8?. The molecule has 0 aromatic heterocycles. The highest BCUT2D eigenvalue weighted by Gasteiger charge is 2.12. The molecule has 4 nitrogen and oxygen atoms in total. The molecule has 0 spiro atoms. The molecule has 0 fully saturated rings. The maximum atomic E-state index is 5.90. The van der Waals surface area contributed by atoms with Crippen molar-refractivity contribution in [1.82, 2.24) is 5.01 Å². The van der Waals surface area contributed by atoms with Crippen molar-refractivity contribution in [2.24, 2.45) is 15.8 Å². The van der Waals surface area contributed by atoms with Crippen molar-refractivity contribution in [2.75, 3.05) is 7.05 Å². The monoisotopic (exact) mass is 434 g/mol. The molecule has 0 saturated heterocycles. The first-order chi connectivity index (χ1) is 15.1. The molecule has 0 saturated carbocycles. The van der Waals surface area contributed by atoms with Gasteiger partial charge in [0.25, 0.3) is 0 Å². The Morgan fingerprint density at radius 3 is 2.41 bits per heavy atom. The molecular formula is C28H42N4. The Bertz CT molecular complexity index is 871. The van der Waals surface area contributed by atoms with E-state index in [0.717, 1.165) is 46.7 Å². The average Bonchev–Trinajstić information content (AvgIpc) is 2.98. The van der Waals surface area contributed by atoms with Crippen molar-refractivity contribution < 1.29 is 0 Å². The van der Waals surface area contributed by atoms with Gasteiger partial charge in [0.2, 0.25) is 0 Å². The highest BCUT2D eigenvalue weighted by Crippen LogP contribution is 2.23. The summed E-state index contributed by atoms with van der Waals surface area (Å²) < 4.78 is 0. The number of hydrazone groups is 1. The molecule has 1 aliphatic rings. The van der Waals surface area contributed by atoms with Crippen LogP contribution >= 0.6 is 0 Å². The van der Waals surface area contributed by atoms with E-state index in [4.69, 9.17) is 5.73 Å². The maximum absolute atomic E-state index is 5.90. The zero-order chi connectivity index (χ0) is 24.7. The summed E-state index contributed by atoms with van der Waals surface area (Å²) in [6.07, 6.45) is 17.8. The fourth-order valence-electron chi connectivity index (χ4n) is 2.59. The molecule has 4 heteroatoms. The van der Waals surface area contributed by atoms with Gasteiger partial charge in [-0.15, -0.1) is 0 Å². The van der Waals surface area contributed by atoms with Crippen LogP contribution in [0.25, 0.3) is 0 Å². The van der Waals surface area contributed by atoms with Gasteiger partial charge in [-0.1, -0.05) is 68.7 Å². The van der Waals surface area contributed by atoms with Crippen molar-refractivity contribution in [3.8, 4) is 0 Å². The molecular weight excluding hydrogens is 392 g/mol. The summed E-state index contributed by atoms with van der Waals surface area (Å²) in [6.45, 7) is 23.9. The molecule has 0 radical (unpaired) electrons. The number of hydrogen-bond acceptors (Lipinski definition) is 4. The molecule has 1 aliphatic carbocycles. The lowest BCUT2D eigenvalue weighted by Gasteiger charge is -2.23. The zero-order valence-corrected chi connectivity index (χ0v) is 21.2. The average molecular weight is 435 g/mol. The molecule has 32 heavy (non-hydrogen) atoms. The van der Waals surface area contributed by atoms with Crippen LogP contribution in [0.1, 0.15) is 54.4 Å². The minimum atomic E-state index is -0.0726. The van der Waals surface area contributed by atoms with E-state index in [9.17, 15) is 0 Å². The second kappa shape index (κ2) is 15.8. The van der Waals surface area contributed by atoms with Crippen LogP contribution in [0.15, 0.2) is 106 Å². The first kappa shape index (κ1) is 29.0. The normalized spacial score (nSPS) is 15.5. The van der Waals surface area contributed by atoms with E-state index < -0.39 is 0 Å². The Kier molecular flexibility index (Phi) is 14.3. The smallest absolute Gasteiger partial charge is 0.0612 e. The number of hydrogen-bond donors (Lipinski definition) is 1. The molecule has 0 aromatic carbocycles. The minimum Gasteiger partial charge on any atom is -0.323 e.